The molecule has 1 atom stereocenters. The van der Waals surface area contributed by atoms with Gasteiger partial charge in [-0.05, 0) is 57.0 Å². The van der Waals surface area contributed by atoms with Crippen LogP contribution < -0.4 is 4.90 Å². The van der Waals surface area contributed by atoms with Crippen LogP contribution in [0.3, 0.4) is 0 Å². The summed E-state index contributed by atoms with van der Waals surface area (Å²) in [5.41, 5.74) is 5.30. The highest BCUT2D eigenvalue weighted by atomic mass is 32.1. The molecule has 1 saturated heterocycles. The number of likely N-dealkylation sites (tertiary alicyclic amines) is 1. The van der Waals surface area contributed by atoms with Crippen molar-refractivity contribution in [3.8, 4) is 0 Å². The topological polar surface area (TPSA) is 49.3 Å². The lowest BCUT2D eigenvalue weighted by Gasteiger charge is -2.31. The average molecular weight is 477 g/mol. The highest BCUT2D eigenvalue weighted by molar-refractivity contribution is 7.18. The van der Waals surface area contributed by atoms with E-state index in [0.29, 0.717) is 5.92 Å². The molecule has 0 saturated carbocycles. The molecule has 0 N–H and O–H groups in total. The first kappa shape index (κ1) is 22.2. The molecular formula is C26H28N4OS2. The van der Waals surface area contributed by atoms with E-state index in [-0.39, 0.29) is 5.91 Å². The molecule has 1 unspecified atom stereocenters. The maximum atomic E-state index is 12.5. The highest BCUT2D eigenvalue weighted by Gasteiger charge is 2.25. The van der Waals surface area contributed by atoms with Crippen LogP contribution in [0.1, 0.15) is 47.5 Å². The second kappa shape index (κ2) is 9.33. The van der Waals surface area contributed by atoms with Gasteiger partial charge in [0.05, 0.1) is 26.6 Å². The SMILES string of the molecule is CC(=O)N(c1nc(CN2CCCC(c3nc4ccccc4s3)C2)cs1)c1ccc(C)cc1C. The fourth-order valence-corrected chi connectivity index (χ4v) is 6.59. The Morgan fingerprint density at radius 2 is 2.03 bits per heavy atom. The number of piperidine rings is 1. The lowest BCUT2D eigenvalue weighted by atomic mass is 9.98. The van der Waals surface area contributed by atoms with Gasteiger partial charge in [-0.2, -0.15) is 0 Å². The van der Waals surface area contributed by atoms with Crippen LogP contribution in [0.15, 0.2) is 47.8 Å². The summed E-state index contributed by atoms with van der Waals surface area (Å²) >= 11 is 3.37. The van der Waals surface area contributed by atoms with Crippen molar-refractivity contribution in [3.05, 3.63) is 69.7 Å². The van der Waals surface area contributed by atoms with Crippen LogP contribution in [0.25, 0.3) is 10.2 Å². The van der Waals surface area contributed by atoms with Crippen LogP contribution in [-0.4, -0.2) is 33.9 Å². The molecule has 1 aliphatic rings. The number of aromatic nitrogens is 2. The molecule has 0 radical (unpaired) electrons. The Hall–Kier alpha value is -2.61. The molecule has 0 spiro atoms. The van der Waals surface area contributed by atoms with Gasteiger partial charge < -0.3 is 0 Å². The van der Waals surface area contributed by atoms with Crippen molar-refractivity contribution in [3.63, 3.8) is 0 Å². The molecule has 2 aromatic heterocycles. The summed E-state index contributed by atoms with van der Waals surface area (Å²) in [5, 5.41) is 4.08. The number of anilines is 2. The van der Waals surface area contributed by atoms with E-state index in [1.165, 1.54) is 39.4 Å². The largest absolute Gasteiger partial charge is 0.297 e. The van der Waals surface area contributed by atoms with Gasteiger partial charge in [0.2, 0.25) is 5.91 Å². The number of thiazole rings is 2. The van der Waals surface area contributed by atoms with Gasteiger partial charge in [0, 0.05) is 31.3 Å². The third kappa shape index (κ3) is 4.71. The predicted molar refractivity (Wildman–Crippen MR) is 138 cm³/mol. The number of aryl methyl sites for hydroxylation is 2. The Bertz CT molecular complexity index is 1260. The number of hydrogen-bond donors (Lipinski definition) is 0. The number of carbonyl (C=O) groups excluding carboxylic acids is 1. The van der Waals surface area contributed by atoms with Gasteiger partial charge in [-0.25, -0.2) is 9.97 Å². The van der Waals surface area contributed by atoms with Gasteiger partial charge in [-0.1, -0.05) is 29.8 Å². The van der Waals surface area contributed by atoms with Gasteiger partial charge in [0.15, 0.2) is 5.13 Å². The lowest BCUT2D eigenvalue weighted by molar-refractivity contribution is -0.115. The molecule has 33 heavy (non-hydrogen) atoms. The summed E-state index contributed by atoms with van der Waals surface area (Å²) in [4.78, 5) is 26.5. The van der Waals surface area contributed by atoms with E-state index in [4.69, 9.17) is 9.97 Å². The molecule has 3 heterocycles. The van der Waals surface area contributed by atoms with Gasteiger partial charge in [-0.15, -0.1) is 22.7 Å². The van der Waals surface area contributed by atoms with Crippen LogP contribution in [0.5, 0.6) is 0 Å². The standard InChI is InChI=1S/C26H28N4OS2/c1-17-10-11-23(18(2)13-17)30(19(3)31)26-27-21(16-32-26)15-29-12-6-7-20(14-29)25-28-22-8-4-5-9-24(22)33-25/h4-5,8-11,13,16,20H,6-7,12,14-15H2,1-3H3. The summed E-state index contributed by atoms with van der Waals surface area (Å²) in [5.74, 6) is 0.454. The van der Waals surface area contributed by atoms with E-state index < -0.39 is 0 Å². The van der Waals surface area contributed by atoms with Crippen molar-refractivity contribution in [1.82, 2.24) is 14.9 Å². The summed E-state index contributed by atoms with van der Waals surface area (Å²) in [6, 6.07) is 14.6. The zero-order chi connectivity index (χ0) is 22.9. The molecular weight excluding hydrogens is 448 g/mol. The predicted octanol–water partition coefficient (Wildman–Crippen LogP) is 6.43. The van der Waals surface area contributed by atoms with Crippen LogP contribution in [-0.2, 0) is 11.3 Å². The Balaban J connectivity index is 1.32. The first-order valence-electron chi connectivity index (χ1n) is 11.4. The second-order valence-electron chi connectivity index (χ2n) is 8.86. The lowest BCUT2D eigenvalue weighted by Crippen LogP contribution is -2.34. The van der Waals surface area contributed by atoms with Crippen molar-refractivity contribution in [2.75, 3.05) is 18.0 Å². The zero-order valence-electron chi connectivity index (χ0n) is 19.2. The summed E-state index contributed by atoms with van der Waals surface area (Å²) in [6.07, 6.45) is 2.35. The Kier molecular flexibility index (Phi) is 6.27. The average Bonchev–Trinajstić information content (AvgIpc) is 3.42. The molecule has 1 amide bonds. The van der Waals surface area contributed by atoms with Crippen molar-refractivity contribution < 1.29 is 4.79 Å². The molecule has 2 aromatic carbocycles. The van der Waals surface area contributed by atoms with Crippen LogP contribution in [0.4, 0.5) is 10.8 Å². The number of benzene rings is 2. The minimum Gasteiger partial charge on any atom is -0.297 e. The molecule has 1 fully saturated rings. The van der Waals surface area contributed by atoms with E-state index in [1.807, 2.05) is 30.4 Å². The maximum absolute atomic E-state index is 12.5. The van der Waals surface area contributed by atoms with Gasteiger partial charge >= 0.3 is 0 Å². The Morgan fingerprint density at radius 3 is 2.82 bits per heavy atom. The number of amides is 1. The molecule has 1 aliphatic heterocycles. The minimum absolute atomic E-state index is 0.0169. The highest BCUT2D eigenvalue weighted by Crippen LogP contribution is 2.35. The van der Waals surface area contributed by atoms with Crippen molar-refractivity contribution >= 4 is 49.6 Å². The minimum atomic E-state index is -0.0169. The zero-order valence-corrected chi connectivity index (χ0v) is 20.9. The maximum Gasteiger partial charge on any atom is 0.230 e. The van der Waals surface area contributed by atoms with E-state index in [2.05, 4.69) is 47.5 Å². The van der Waals surface area contributed by atoms with E-state index in [1.54, 1.807) is 11.8 Å². The van der Waals surface area contributed by atoms with Crippen LogP contribution in [0.2, 0.25) is 0 Å². The van der Waals surface area contributed by atoms with E-state index in [9.17, 15) is 4.79 Å². The van der Waals surface area contributed by atoms with Crippen molar-refractivity contribution in [2.45, 2.75) is 46.1 Å². The normalized spacial score (nSPS) is 16.9. The molecule has 5 nitrogen and oxygen atoms in total. The number of carbonyl (C=O) groups is 1. The third-order valence-electron chi connectivity index (χ3n) is 6.19. The number of nitrogens with zero attached hydrogens (tertiary/aromatic N) is 4. The monoisotopic (exact) mass is 476 g/mol. The quantitative estimate of drug-likeness (QED) is 0.333. The molecule has 170 valence electrons. The number of para-hydroxylation sites is 1. The molecule has 0 bridgehead atoms. The molecule has 7 heteroatoms. The number of hydrogen-bond acceptors (Lipinski definition) is 6. The fourth-order valence-electron chi connectivity index (χ4n) is 4.63. The first-order valence-corrected chi connectivity index (χ1v) is 13.1. The van der Waals surface area contributed by atoms with E-state index in [0.717, 1.165) is 47.2 Å². The summed E-state index contributed by atoms with van der Waals surface area (Å²) in [7, 11) is 0. The van der Waals surface area contributed by atoms with Crippen LogP contribution >= 0.6 is 22.7 Å². The Labute approximate surface area is 202 Å². The molecule has 0 aliphatic carbocycles. The van der Waals surface area contributed by atoms with Gasteiger partial charge in [-0.3, -0.25) is 14.6 Å². The molecule has 4 aromatic rings. The Morgan fingerprint density at radius 1 is 1.18 bits per heavy atom. The fraction of sp³-hybridized carbons (Fsp3) is 0.346. The summed E-state index contributed by atoms with van der Waals surface area (Å²) < 4.78 is 1.27. The molecule has 5 rings (SSSR count). The van der Waals surface area contributed by atoms with Crippen molar-refractivity contribution in [2.24, 2.45) is 0 Å². The third-order valence-corrected chi connectivity index (χ3v) is 8.26. The van der Waals surface area contributed by atoms with Crippen molar-refractivity contribution in [1.29, 1.82) is 0 Å². The van der Waals surface area contributed by atoms with Crippen LogP contribution in [0, 0.1) is 13.8 Å². The number of fused-ring (bicyclic) bond motifs is 1. The number of rotatable bonds is 5. The first-order chi connectivity index (χ1) is 16.0. The summed E-state index contributed by atoms with van der Waals surface area (Å²) in [6.45, 7) is 8.59. The second-order valence-corrected chi connectivity index (χ2v) is 10.8. The smallest absolute Gasteiger partial charge is 0.230 e. The van der Waals surface area contributed by atoms with E-state index >= 15 is 0 Å². The van der Waals surface area contributed by atoms with Gasteiger partial charge in [0.25, 0.3) is 0 Å². The van der Waals surface area contributed by atoms with Gasteiger partial charge in [0.1, 0.15) is 0 Å².